The van der Waals surface area contributed by atoms with Crippen molar-refractivity contribution in [3.05, 3.63) is 49.1 Å². The number of amides is 1. The van der Waals surface area contributed by atoms with E-state index in [1.165, 1.54) is 6.92 Å². The van der Waals surface area contributed by atoms with Gasteiger partial charge in [-0.25, -0.2) is 4.79 Å². The summed E-state index contributed by atoms with van der Waals surface area (Å²) in [6.45, 7) is 1.30. The first-order valence-electron chi connectivity index (χ1n) is 7.60. The first-order valence-corrected chi connectivity index (χ1v) is 9.75. The fraction of sp³-hybridized carbons (Fsp3) is 0.222. The Morgan fingerprint density at radius 2 is 1.65 bits per heavy atom. The summed E-state index contributed by atoms with van der Waals surface area (Å²) < 4.78 is 12.8. The number of hydrogen-bond acceptors (Lipinski definition) is 4. The number of benzene rings is 2. The molecule has 0 aliphatic carbocycles. The van der Waals surface area contributed by atoms with Crippen molar-refractivity contribution in [1.82, 2.24) is 5.32 Å². The molecule has 138 valence electrons. The van der Waals surface area contributed by atoms with Crippen molar-refractivity contribution >= 4 is 57.1 Å². The van der Waals surface area contributed by atoms with Crippen LogP contribution in [-0.4, -0.2) is 30.1 Å². The van der Waals surface area contributed by atoms with E-state index < -0.39 is 12.0 Å². The Morgan fingerprint density at radius 3 is 2.12 bits per heavy atom. The van der Waals surface area contributed by atoms with Gasteiger partial charge in [0.15, 0.2) is 5.75 Å². The van der Waals surface area contributed by atoms with Gasteiger partial charge in [-0.2, -0.15) is 0 Å². The number of carboxylic acids is 1. The van der Waals surface area contributed by atoms with Gasteiger partial charge in [0, 0.05) is 13.3 Å². The molecule has 0 radical (unpaired) electrons. The smallest absolute Gasteiger partial charge is 0.326 e. The normalized spacial score (nSPS) is 11.5. The molecule has 0 saturated carbocycles. The topological polar surface area (TPSA) is 84.9 Å². The van der Waals surface area contributed by atoms with Crippen molar-refractivity contribution in [3.8, 4) is 17.2 Å². The highest BCUT2D eigenvalue weighted by atomic mass is 127. The van der Waals surface area contributed by atoms with Crippen LogP contribution in [0.15, 0.2) is 36.4 Å². The van der Waals surface area contributed by atoms with E-state index in [-0.39, 0.29) is 12.3 Å². The highest BCUT2D eigenvalue weighted by Gasteiger charge is 2.20. The van der Waals surface area contributed by atoms with Crippen molar-refractivity contribution in [2.45, 2.75) is 19.4 Å². The number of rotatable bonds is 7. The molecule has 0 heterocycles. The molecule has 0 fully saturated rings. The summed E-state index contributed by atoms with van der Waals surface area (Å²) in [4.78, 5) is 22.5. The maximum Gasteiger partial charge on any atom is 0.326 e. The summed E-state index contributed by atoms with van der Waals surface area (Å²) in [7, 11) is 1.60. The third-order valence-corrected chi connectivity index (χ3v) is 5.06. The fourth-order valence-corrected chi connectivity index (χ4v) is 4.39. The Morgan fingerprint density at radius 1 is 1.12 bits per heavy atom. The average Bonchev–Trinajstić information content (AvgIpc) is 2.57. The van der Waals surface area contributed by atoms with E-state index in [4.69, 9.17) is 9.47 Å². The molecular formula is C18H17I2NO5. The molecule has 0 spiro atoms. The molecule has 2 rings (SSSR count). The summed E-state index contributed by atoms with van der Waals surface area (Å²) >= 11 is 4.31. The van der Waals surface area contributed by atoms with Crippen LogP contribution in [0.5, 0.6) is 17.2 Å². The SMILES string of the molecule is COc1ccc(Oc2c(I)cc(C[C@@H](NC(C)=O)C(=O)O)cc2I)cc1. The van der Waals surface area contributed by atoms with Crippen molar-refractivity contribution in [1.29, 1.82) is 0 Å². The zero-order chi connectivity index (χ0) is 19.3. The largest absolute Gasteiger partial charge is 0.497 e. The van der Waals surface area contributed by atoms with E-state index in [1.54, 1.807) is 7.11 Å². The van der Waals surface area contributed by atoms with Gasteiger partial charge < -0.3 is 19.9 Å². The van der Waals surface area contributed by atoms with Crippen LogP contribution in [0.1, 0.15) is 12.5 Å². The molecule has 1 atom stereocenters. The van der Waals surface area contributed by atoms with Gasteiger partial charge >= 0.3 is 5.97 Å². The minimum Gasteiger partial charge on any atom is -0.497 e. The monoisotopic (exact) mass is 581 g/mol. The van der Waals surface area contributed by atoms with E-state index in [0.717, 1.165) is 18.5 Å². The van der Waals surface area contributed by atoms with E-state index in [2.05, 4.69) is 50.5 Å². The summed E-state index contributed by atoms with van der Waals surface area (Å²) in [5.41, 5.74) is 0.807. The van der Waals surface area contributed by atoms with Crippen LogP contribution in [0.4, 0.5) is 0 Å². The lowest BCUT2D eigenvalue weighted by Crippen LogP contribution is -2.41. The van der Waals surface area contributed by atoms with E-state index in [0.29, 0.717) is 11.5 Å². The molecule has 0 aliphatic rings. The lowest BCUT2D eigenvalue weighted by molar-refractivity contribution is -0.141. The number of aliphatic carboxylic acids is 1. The minimum atomic E-state index is -1.07. The predicted octanol–water partition coefficient (Wildman–Crippen LogP) is 3.83. The van der Waals surface area contributed by atoms with E-state index >= 15 is 0 Å². The molecule has 0 unspecified atom stereocenters. The van der Waals surface area contributed by atoms with Crippen molar-refractivity contribution in [3.63, 3.8) is 0 Å². The van der Waals surface area contributed by atoms with Gasteiger partial charge in [0.1, 0.15) is 17.5 Å². The number of carbonyl (C=O) groups is 2. The Bertz CT molecular complexity index is 785. The number of hydrogen-bond donors (Lipinski definition) is 2. The molecule has 0 aliphatic heterocycles. The van der Waals surface area contributed by atoms with E-state index in [9.17, 15) is 14.7 Å². The highest BCUT2D eigenvalue weighted by Crippen LogP contribution is 2.33. The summed E-state index contributed by atoms with van der Waals surface area (Å²) in [5, 5.41) is 11.7. The van der Waals surface area contributed by atoms with Crippen LogP contribution in [0, 0.1) is 7.14 Å². The Balaban J connectivity index is 2.20. The number of carbonyl (C=O) groups excluding carboxylic acids is 1. The molecule has 0 bridgehead atoms. The van der Waals surface area contributed by atoms with Gasteiger partial charge in [-0.05, 0) is 87.1 Å². The van der Waals surface area contributed by atoms with Crippen LogP contribution in [0.25, 0.3) is 0 Å². The minimum absolute atomic E-state index is 0.198. The van der Waals surface area contributed by atoms with Gasteiger partial charge in [0.05, 0.1) is 14.3 Å². The van der Waals surface area contributed by atoms with Gasteiger partial charge in [0.2, 0.25) is 5.91 Å². The molecule has 2 N–H and O–H groups in total. The average molecular weight is 581 g/mol. The third-order valence-electron chi connectivity index (χ3n) is 3.45. The second kappa shape index (κ2) is 9.40. The number of methoxy groups -OCH3 is 1. The maximum absolute atomic E-state index is 11.3. The molecule has 8 heteroatoms. The Hall–Kier alpha value is -1.56. The molecule has 2 aromatic rings. The zero-order valence-electron chi connectivity index (χ0n) is 14.1. The Labute approximate surface area is 178 Å². The second-order valence-corrected chi connectivity index (χ2v) is 7.79. The number of halogens is 2. The van der Waals surface area contributed by atoms with Crippen LogP contribution in [0.2, 0.25) is 0 Å². The van der Waals surface area contributed by atoms with Crippen molar-refractivity contribution < 1.29 is 24.2 Å². The highest BCUT2D eigenvalue weighted by molar-refractivity contribution is 14.1. The van der Waals surface area contributed by atoms with Crippen molar-refractivity contribution in [2.24, 2.45) is 0 Å². The lowest BCUT2D eigenvalue weighted by atomic mass is 10.1. The van der Waals surface area contributed by atoms with Crippen LogP contribution in [-0.2, 0) is 16.0 Å². The summed E-state index contributed by atoms with van der Waals surface area (Å²) in [6, 6.07) is 10.0. The van der Waals surface area contributed by atoms with Crippen LogP contribution >= 0.6 is 45.2 Å². The third kappa shape index (κ3) is 5.73. The van der Waals surface area contributed by atoms with Crippen LogP contribution in [0.3, 0.4) is 0 Å². The predicted molar refractivity (Wildman–Crippen MR) is 114 cm³/mol. The summed E-state index contributed by atoms with van der Waals surface area (Å²) in [6.07, 6.45) is 0.198. The lowest BCUT2D eigenvalue weighted by Gasteiger charge is -2.16. The number of ether oxygens (including phenoxy) is 2. The van der Waals surface area contributed by atoms with Gasteiger partial charge in [-0.1, -0.05) is 0 Å². The first kappa shape index (κ1) is 20.7. The first-order chi connectivity index (χ1) is 12.3. The molecule has 0 aromatic heterocycles. The second-order valence-electron chi connectivity index (χ2n) is 5.46. The maximum atomic E-state index is 11.3. The number of nitrogens with one attached hydrogen (secondary N) is 1. The van der Waals surface area contributed by atoms with Gasteiger partial charge in [-0.15, -0.1) is 0 Å². The molecule has 2 aromatic carbocycles. The molecule has 26 heavy (non-hydrogen) atoms. The summed E-state index contributed by atoms with van der Waals surface area (Å²) in [5.74, 6) is 0.683. The van der Waals surface area contributed by atoms with Crippen molar-refractivity contribution in [2.75, 3.05) is 7.11 Å². The standard InChI is InChI=1S/C18H17I2NO5/c1-10(22)21-16(18(23)24)9-11-7-14(19)17(15(20)8-11)26-13-5-3-12(25-2)4-6-13/h3-8,16H,9H2,1-2H3,(H,21,22)(H,23,24)/t16-/m1/s1. The van der Waals surface area contributed by atoms with Gasteiger partial charge in [0.25, 0.3) is 0 Å². The Kier molecular flexibility index (Phi) is 7.50. The van der Waals surface area contributed by atoms with Gasteiger partial charge in [-0.3, -0.25) is 4.79 Å². The molecule has 6 nitrogen and oxygen atoms in total. The molecule has 1 amide bonds. The number of carboxylic acid groups (broad SMARTS) is 1. The van der Waals surface area contributed by atoms with Crippen LogP contribution < -0.4 is 14.8 Å². The zero-order valence-corrected chi connectivity index (χ0v) is 18.4. The molecule has 0 saturated heterocycles. The molecular weight excluding hydrogens is 564 g/mol. The van der Waals surface area contributed by atoms with E-state index in [1.807, 2.05) is 36.4 Å². The quantitative estimate of drug-likeness (QED) is 0.486. The fourth-order valence-electron chi connectivity index (χ4n) is 2.27.